The molecule has 0 aliphatic heterocycles. The Bertz CT molecular complexity index is 1130. The van der Waals surface area contributed by atoms with Crippen LogP contribution in [0.4, 0.5) is 4.39 Å². The molecule has 1 aromatic carbocycles. The maximum atomic E-state index is 14.1. The molecule has 0 amide bonds. The fourth-order valence-electron chi connectivity index (χ4n) is 2.80. The summed E-state index contributed by atoms with van der Waals surface area (Å²) in [5, 5.41) is 1.21. The zero-order valence-electron chi connectivity index (χ0n) is 12.1. The first-order valence-corrected chi connectivity index (χ1v) is 7.38. The van der Waals surface area contributed by atoms with E-state index >= 15 is 0 Å². The first kappa shape index (κ1) is 14.0. The van der Waals surface area contributed by atoms with E-state index < -0.39 is 0 Å². The molecule has 0 saturated heterocycles. The van der Waals surface area contributed by atoms with Crippen LogP contribution < -0.4 is 5.56 Å². The van der Waals surface area contributed by atoms with Gasteiger partial charge in [0.25, 0.3) is 5.56 Å². The predicted octanol–water partition coefficient (Wildman–Crippen LogP) is 3.74. The van der Waals surface area contributed by atoms with Crippen molar-refractivity contribution in [3.05, 3.63) is 75.7 Å². The second kappa shape index (κ2) is 4.93. The third-order valence-corrected chi connectivity index (χ3v) is 4.36. The molecule has 0 unspecified atom stereocenters. The molecule has 0 fully saturated rings. The average molecular weight is 328 g/mol. The van der Waals surface area contributed by atoms with E-state index in [0.717, 1.165) is 0 Å². The Morgan fingerprint density at radius 3 is 2.87 bits per heavy atom. The van der Waals surface area contributed by atoms with Gasteiger partial charge in [-0.15, -0.1) is 0 Å². The molecule has 0 atom stereocenters. The van der Waals surface area contributed by atoms with Crippen molar-refractivity contribution >= 4 is 28.0 Å². The van der Waals surface area contributed by atoms with E-state index in [9.17, 15) is 9.18 Å². The number of hydrogen-bond donors (Lipinski definition) is 0. The van der Waals surface area contributed by atoms with Crippen LogP contribution >= 0.6 is 11.6 Å². The van der Waals surface area contributed by atoms with E-state index in [-0.39, 0.29) is 11.4 Å². The predicted molar refractivity (Wildman–Crippen MR) is 88.0 cm³/mol. The Morgan fingerprint density at radius 2 is 2.04 bits per heavy atom. The lowest BCUT2D eigenvalue weighted by atomic mass is 10.2. The zero-order valence-corrected chi connectivity index (χ0v) is 12.9. The molecule has 4 nitrogen and oxygen atoms in total. The molecule has 6 heteroatoms. The van der Waals surface area contributed by atoms with Crippen LogP contribution in [0.1, 0.15) is 5.56 Å². The molecule has 0 aliphatic carbocycles. The van der Waals surface area contributed by atoms with Crippen LogP contribution in [0.25, 0.3) is 22.2 Å². The van der Waals surface area contributed by atoms with Gasteiger partial charge in [0.05, 0.1) is 5.52 Å². The van der Waals surface area contributed by atoms with E-state index in [1.807, 2.05) is 0 Å². The van der Waals surface area contributed by atoms with E-state index in [1.54, 1.807) is 54.2 Å². The SMILES string of the molecule is Cc1c(Cl)ccnc1-n1ccn2c(cc3cccc(F)c32)c1=O. The van der Waals surface area contributed by atoms with Crippen molar-refractivity contribution in [2.75, 3.05) is 0 Å². The Hall–Kier alpha value is -2.66. The van der Waals surface area contributed by atoms with Crippen LogP contribution in [-0.2, 0) is 0 Å². The smallest absolute Gasteiger partial charge is 0.280 e. The van der Waals surface area contributed by atoms with Crippen LogP contribution in [0, 0.1) is 12.7 Å². The second-order valence-electron chi connectivity index (χ2n) is 5.29. The van der Waals surface area contributed by atoms with Crippen molar-refractivity contribution in [2.24, 2.45) is 0 Å². The fraction of sp³-hybridized carbons (Fsp3) is 0.0588. The minimum Gasteiger partial charge on any atom is -0.308 e. The van der Waals surface area contributed by atoms with Crippen LogP contribution in [0.5, 0.6) is 0 Å². The molecule has 0 aliphatic rings. The van der Waals surface area contributed by atoms with Crippen molar-refractivity contribution in [2.45, 2.75) is 6.92 Å². The standard InChI is InChI=1S/C17H11ClFN3O/c1-10-12(18)5-6-20-16(10)22-8-7-21-14(17(22)23)9-11-3-2-4-13(19)15(11)21/h2-9H,1H3. The number of hydrogen-bond acceptors (Lipinski definition) is 2. The van der Waals surface area contributed by atoms with Crippen LogP contribution in [0.3, 0.4) is 0 Å². The minimum atomic E-state index is -0.364. The molecule has 0 saturated carbocycles. The highest BCUT2D eigenvalue weighted by Crippen LogP contribution is 2.22. The van der Waals surface area contributed by atoms with E-state index in [2.05, 4.69) is 4.98 Å². The Labute approximate surface area is 135 Å². The molecule has 0 spiro atoms. The lowest BCUT2D eigenvalue weighted by Crippen LogP contribution is -2.21. The summed E-state index contributed by atoms with van der Waals surface area (Å²) in [5.74, 6) is 0.104. The number of fused-ring (bicyclic) bond motifs is 3. The Balaban J connectivity index is 2.10. The molecular weight excluding hydrogens is 317 g/mol. The molecule has 4 rings (SSSR count). The highest BCUT2D eigenvalue weighted by Gasteiger charge is 2.14. The van der Waals surface area contributed by atoms with Gasteiger partial charge < -0.3 is 4.40 Å². The highest BCUT2D eigenvalue weighted by atomic mass is 35.5. The van der Waals surface area contributed by atoms with Crippen LogP contribution in [0.2, 0.25) is 5.02 Å². The maximum Gasteiger partial charge on any atom is 0.280 e. The second-order valence-corrected chi connectivity index (χ2v) is 5.70. The van der Waals surface area contributed by atoms with Gasteiger partial charge in [-0.2, -0.15) is 0 Å². The zero-order chi connectivity index (χ0) is 16.1. The summed E-state index contributed by atoms with van der Waals surface area (Å²) >= 11 is 6.11. The quantitative estimate of drug-likeness (QED) is 0.534. The number of halogens is 2. The summed E-state index contributed by atoms with van der Waals surface area (Å²) in [4.78, 5) is 17.1. The normalized spacial score (nSPS) is 11.4. The lowest BCUT2D eigenvalue weighted by molar-refractivity contribution is 0.635. The third kappa shape index (κ3) is 1.97. The van der Waals surface area contributed by atoms with Gasteiger partial charge in [0.2, 0.25) is 0 Å². The van der Waals surface area contributed by atoms with E-state index in [1.165, 1.54) is 10.6 Å². The van der Waals surface area contributed by atoms with E-state index in [4.69, 9.17) is 11.6 Å². The molecule has 0 N–H and O–H groups in total. The molecule has 114 valence electrons. The van der Waals surface area contributed by atoms with Crippen molar-refractivity contribution in [3.63, 3.8) is 0 Å². The molecule has 4 aromatic rings. The molecule has 23 heavy (non-hydrogen) atoms. The Kier molecular flexibility index (Phi) is 2.99. The van der Waals surface area contributed by atoms with Gasteiger partial charge in [-0.1, -0.05) is 23.7 Å². The largest absolute Gasteiger partial charge is 0.308 e. The average Bonchev–Trinajstić information content (AvgIpc) is 2.92. The summed E-state index contributed by atoms with van der Waals surface area (Å²) in [5.41, 5.74) is 1.21. The monoisotopic (exact) mass is 327 g/mol. The fourth-order valence-corrected chi connectivity index (χ4v) is 2.94. The van der Waals surface area contributed by atoms with Gasteiger partial charge in [0.1, 0.15) is 17.2 Å². The summed E-state index contributed by atoms with van der Waals surface area (Å²) in [6.07, 6.45) is 4.78. The minimum absolute atomic E-state index is 0.277. The van der Waals surface area contributed by atoms with Gasteiger partial charge in [0.15, 0.2) is 0 Å². The van der Waals surface area contributed by atoms with Crippen molar-refractivity contribution in [3.8, 4) is 5.82 Å². The number of aromatic nitrogens is 3. The highest BCUT2D eigenvalue weighted by molar-refractivity contribution is 6.31. The first-order valence-electron chi connectivity index (χ1n) is 7.00. The van der Waals surface area contributed by atoms with Gasteiger partial charge >= 0.3 is 0 Å². The number of pyridine rings is 1. The van der Waals surface area contributed by atoms with Crippen LogP contribution in [0.15, 0.2) is 53.7 Å². The molecule has 0 bridgehead atoms. The van der Waals surface area contributed by atoms with Crippen molar-refractivity contribution in [1.82, 2.24) is 14.0 Å². The van der Waals surface area contributed by atoms with Gasteiger partial charge in [-0.25, -0.2) is 9.37 Å². The number of nitrogens with zero attached hydrogens (tertiary/aromatic N) is 3. The van der Waals surface area contributed by atoms with Gasteiger partial charge in [-0.3, -0.25) is 9.36 Å². The lowest BCUT2D eigenvalue weighted by Gasteiger charge is -2.09. The molecule has 3 heterocycles. The molecular formula is C17H11ClFN3O. The maximum absolute atomic E-state index is 14.1. The third-order valence-electron chi connectivity index (χ3n) is 3.95. The Morgan fingerprint density at radius 1 is 1.22 bits per heavy atom. The summed E-state index contributed by atoms with van der Waals surface area (Å²) in [6.45, 7) is 1.80. The number of para-hydroxylation sites is 1. The van der Waals surface area contributed by atoms with Crippen molar-refractivity contribution in [1.29, 1.82) is 0 Å². The van der Waals surface area contributed by atoms with Crippen molar-refractivity contribution < 1.29 is 4.39 Å². The summed E-state index contributed by atoms with van der Waals surface area (Å²) < 4.78 is 17.0. The number of benzene rings is 1. The summed E-state index contributed by atoms with van der Waals surface area (Å²) in [6, 6.07) is 8.13. The topological polar surface area (TPSA) is 39.3 Å². The number of rotatable bonds is 1. The first-order chi connectivity index (χ1) is 11.1. The van der Waals surface area contributed by atoms with Gasteiger partial charge in [0, 0.05) is 34.6 Å². The molecule has 0 radical (unpaired) electrons. The summed E-state index contributed by atoms with van der Waals surface area (Å²) in [7, 11) is 0. The van der Waals surface area contributed by atoms with Crippen LogP contribution in [-0.4, -0.2) is 14.0 Å². The van der Waals surface area contributed by atoms with Gasteiger partial charge in [-0.05, 0) is 25.1 Å². The molecule has 3 aromatic heterocycles. The van der Waals surface area contributed by atoms with E-state index in [0.29, 0.717) is 32.8 Å².